The number of nitrogens with one attached hydrogen (secondary N) is 1. The van der Waals surface area contributed by atoms with Gasteiger partial charge in [-0.15, -0.1) is 0 Å². The summed E-state index contributed by atoms with van der Waals surface area (Å²) in [5.41, 5.74) is 1.94. The molecule has 2 fully saturated rings. The lowest BCUT2D eigenvalue weighted by molar-refractivity contribution is -0.120. The molecule has 0 bridgehead atoms. The molecule has 32 heavy (non-hydrogen) atoms. The topological polar surface area (TPSA) is 69.7 Å². The molecule has 0 unspecified atom stereocenters. The molecule has 1 amide bonds. The minimum atomic E-state index is -3.76. The van der Waals surface area contributed by atoms with Crippen LogP contribution >= 0.6 is 23.2 Å². The zero-order valence-corrected chi connectivity index (χ0v) is 20.1. The van der Waals surface area contributed by atoms with Crippen molar-refractivity contribution in [2.24, 2.45) is 5.92 Å². The van der Waals surface area contributed by atoms with Gasteiger partial charge in [-0.1, -0.05) is 23.2 Å². The van der Waals surface area contributed by atoms with Gasteiger partial charge >= 0.3 is 0 Å². The Morgan fingerprint density at radius 3 is 2.22 bits per heavy atom. The van der Waals surface area contributed by atoms with Gasteiger partial charge in [-0.3, -0.25) is 4.79 Å². The predicted octanol–water partition coefficient (Wildman–Crippen LogP) is 5.02. The van der Waals surface area contributed by atoms with Crippen LogP contribution in [-0.2, 0) is 14.8 Å². The molecule has 172 valence electrons. The highest BCUT2D eigenvalue weighted by Gasteiger charge is 2.33. The van der Waals surface area contributed by atoms with Gasteiger partial charge in [0.25, 0.3) is 0 Å². The SMILES string of the molecule is O=C(Nc1ccc(N2CCCCC2)cc1)C1CCN(S(=O)(=O)c2cc(Cl)ccc2Cl)CC1. The second-order valence-electron chi connectivity index (χ2n) is 8.34. The van der Waals surface area contributed by atoms with E-state index in [2.05, 4.69) is 10.2 Å². The normalized spacial score (nSPS) is 18.5. The molecule has 1 N–H and O–H groups in total. The summed E-state index contributed by atoms with van der Waals surface area (Å²) in [5.74, 6) is -0.313. The van der Waals surface area contributed by atoms with Crippen molar-refractivity contribution in [3.05, 3.63) is 52.5 Å². The van der Waals surface area contributed by atoms with E-state index in [1.807, 2.05) is 24.3 Å². The third kappa shape index (κ3) is 5.22. The van der Waals surface area contributed by atoms with Gasteiger partial charge < -0.3 is 10.2 Å². The van der Waals surface area contributed by atoms with E-state index in [1.54, 1.807) is 6.07 Å². The van der Waals surface area contributed by atoms with Gasteiger partial charge in [0.05, 0.1) is 5.02 Å². The summed E-state index contributed by atoms with van der Waals surface area (Å²) in [6.45, 7) is 2.68. The van der Waals surface area contributed by atoms with Crippen LogP contribution in [0.25, 0.3) is 0 Å². The number of hydrogen-bond donors (Lipinski definition) is 1. The Hall–Kier alpha value is -1.80. The van der Waals surface area contributed by atoms with Gasteiger partial charge in [-0.25, -0.2) is 8.42 Å². The predicted molar refractivity (Wildman–Crippen MR) is 129 cm³/mol. The summed E-state index contributed by atoms with van der Waals surface area (Å²) >= 11 is 12.1. The van der Waals surface area contributed by atoms with E-state index in [1.165, 1.54) is 41.4 Å². The fourth-order valence-electron chi connectivity index (χ4n) is 4.32. The van der Waals surface area contributed by atoms with E-state index in [9.17, 15) is 13.2 Å². The molecule has 2 saturated heterocycles. The van der Waals surface area contributed by atoms with Crippen molar-refractivity contribution >= 4 is 50.5 Å². The molecule has 9 heteroatoms. The molecule has 2 heterocycles. The van der Waals surface area contributed by atoms with Crippen molar-refractivity contribution in [2.75, 3.05) is 36.4 Å². The molecule has 0 spiro atoms. The minimum Gasteiger partial charge on any atom is -0.372 e. The molecule has 4 rings (SSSR count). The molecular formula is C23H27Cl2N3O3S. The standard InChI is InChI=1S/C23H27Cl2N3O3S/c24-18-4-9-21(25)22(16-18)32(30,31)28-14-10-17(11-15-28)23(29)26-19-5-7-20(8-6-19)27-12-2-1-3-13-27/h4-9,16-17H,1-3,10-15H2,(H,26,29). The highest BCUT2D eigenvalue weighted by molar-refractivity contribution is 7.89. The summed E-state index contributed by atoms with van der Waals surface area (Å²) in [7, 11) is -3.76. The molecule has 0 saturated carbocycles. The van der Waals surface area contributed by atoms with Gasteiger partial charge in [-0.05, 0) is 74.6 Å². The number of hydrogen-bond acceptors (Lipinski definition) is 4. The second kappa shape index (κ2) is 10.00. The zero-order chi connectivity index (χ0) is 22.7. The van der Waals surface area contributed by atoms with Gasteiger partial charge in [0.1, 0.15) is 4.90 Å². The Morgan fingerprint density at radius 1 is 0.906 bits per heavy atom. The monoisotopic (exact) mass is 495 g/mol. The Kier molecular flexibility index (Phi) is 7.30. The van der Waals surface area contributed by atoms with Crippen LogP contribution in [0, 0.1) is 5.92 Å². The lowest BCUT2D eigenvalue weighted by Gasteiger charge is -2.31. The van der Waals surface area contributed by atoms with Crippen LogP contribution in [0.4, 0.5) is 11.4 Å². The van der Waals surface area contributed by atoms with Gasteiger partial charge in [0.15, 0.2) is 0 Å². The molecular weight excluding hydrogens is 469 g/mol. The lowest BCUT2D eigenvalue weighted by atomic mass is 9.97. The first kappa shape index (κ1) is 23.4. The van der Waals surface area contributed by atoms with Crippen LogP contribution in [0.1, 0.15) is 32.1 Å². The van der Waals surface area contributed by atoms with Gasteiger partial charge in [0.2, 0.25) is 15.9 Å². The number of rotatable bonds is 5. The van der Waals surface area contributed by atoms with Crippen LogP contribution < -0.4 is 10.2 Å². The van der Waals surface area contributed by atoms with Crippen molar-refractivity contribution in [3.8, 4) is 0 Å². The van der Waals surface area contributed by atoms with Crippen LogP contribution in [0.2, 0.25) is 10.0 Å². The summed E-state index contributed by atoms with van der Waals surface area (Å²) in [6, 6.07) is 12.4. The van der Waals surface area contributed by atoms with Crippen molar-refractivity contribution in [3.63, 3.8) is 0 Å². The number of amides is 1. The van der Waals surface area contributed by atoms with Gasteiger partial charge in [0, 0.05) is 48.5 Å². The molecule has 0 aromatic heterocycles. The first-order valence-corrected chi connectivity index (χ1v) is 13.2. The number of piperidine rings is 2. The van der Waals surface area contributed by atoms with E-state index in [-0.39, 0.29) is 34.8 Å². The summed E-state index contributed by atoms with van der Waals surface area (Å²) in [5, 5.41) is 3.43. The first-order valence-electron chi connectivity index (χ1n) is 11.0. The number of anilines is 2. The lowest BCUT2D eigenvalue weighted by Crippen LogP contribution is -2.41. The Morgan fingerprint density at radius 2 is 1.56 bits per heavy atom. The molecule has 6 nitrogen and oxygen atoms in total. The average molecular weight is 496 g/mol. The molecule has 2 aromatic carbocycles. The van der Waals surface area contributed by atoms with E-state index in [0.717, 1.165) is 18.8 Å². The second-order valence-corrected chi connectivity index (χ2v) is 11.1. The maximum atomic E-state index is 13.0. The molecule has 0 radical (unpaired) electrons. The van der Waals surface area contributed by atoms with Crippen molar-refractivity contribution in [2.45, 2.75) is 37.0 Å². The molecule has 2 aliphatic rings. The number of benzene rings is 2. The maximum Gasteiger partial charge on any atom is 0.244 e. The smallest absolute Gasteiger partial charge is 0.244 e. The summed E-state index contributed by atoms with van der Waals surface area (Å²) in [4.78, 5) is 15.1. The van der Waals surface area contributed by atoms with Crippen LogP contribution in [-0.4, -0.2) is 44.8 Å². The number of carbonyl (C=O) groups is 1. The fraction of sp³-hybridized carbons (Fsp3) is 0.435. The molecule has 2 aromatic rings. The van der Waals surface area contributed by atoms with E-state index in [0.29, 0.717) is 17.9 Å². The largest absolute Gasteiger partial charge is 0.372 e. The third-order valence-electron chi connectivity index (χ3n) is 6.19. The van der Waals surface area contributed by atoms with E-state index in [4.69, 9.17) is 23.2 Å². The first-order chi connectivity index (χ1) is 15.3. The van der Waals surface area contributed by atoms with E-state index < -0.39 is 10.0 Å². The molecule has 2 aliphatic heterocycles. The van der Waals surface area contributed by atoms with Crippen LogP contribution in [0.15, 0.2) is 47.4 Å². The van der Waals surface area contributed by atoms with Crippen molar-refractivity contribution < 1.29 is 13.2 Å². The quantitative estimate of drug-likeness (QED) is 0.631. The highest BCUT2D eigenvalue weighted by Crippen LogP contribution is 2.31. The third-order valence-corrected chi connectivity index (χ3v) is 8.81. The van der Waals surface area contributed by atoms with Crippen molar-refractivity contribution in [1.29, 1.82) is 0 Å². The highest BCUT2D eigenvalue weighted by atomic mass is 35.5. The van der Waals surface area contributed by atoms with Crippen LogP contribution in [0.3, 0.4) is 0 Å². The molecule has 0 atom stereocenters. The van der Waals surface area contributed by atoms with Crippen LogP contribution in [0.5, 0.6) is 0 Å². The van der Waals surface area contributed by atoms with Gasteiger partial charge in [-0.2, -0.15) is 4.31 Å². The number of halogens is 2. The Labute approximate surface area is 199 Å². The van der Waals surface area contributed by atoms with E-state index >= 15 is 0 Å². The minimum absolute atomic E-state index is 0.00311. The number of carbonyl (C=O) groups excluding carboxylic acids is 1. The number of sulfonamides is 1. The summed E-state index contributed by atoms with van der Waals surface area (Å²) in [6.07, 6.45) is 4.63. The molecule has 0 aliphatic carbocycles. The Balaban J connectivity index is 1.34. The van der Waals surface area contributed by atoms with Crippen molar-refractivity contribution in [1.82, 2.24) is 4.31 Å². The maximum absolute atomic E-state index is 13.0. The fourth-order valence-corrected chi connectivity index (χ4v) is 6.53. The Bertz CT molecular complexity index is 1060. The summed E-state index contributed by atoms with van der Waals surface area (Å²) < 4.78 is 27.3. The zero-order valence-electron chi connectivity index (χ0n) is 17.8. The number of nitrogens with zero attached hydrogens (tertiary/aromatic N) is 2. The average Bonchev–Trinajstić information content (AvgIpc) is 2.81.